The van der Waals surface area contributed by atoms with Crippen molar-refractivity contribution in [2.45, 2.75) is 58.0 Å². The van der Waals surface area contributed by atoms with Crippen LogP contribution in [0.4, 0.5) is 0 Å². The van der Waals surface area contributed by atoms with Gasteiger partial charge >= 0.3 is 0 Å². The van der Waals surface area contributed by atoms with E-state index in [-0.39, 0.29) is 0 Å². The molecule has 2 fully saturated rings. The number of aryl methyl sites for hydroxylation is 2. The molecule has 118 valence electrons. The van der Waals surface area contributed by atoms with E-state index in [1.54, 1.807) is 0 Å². The van der Waals surface area contributed by atoms with Gasteiger partial charge in [-0.15, -0.1) is 10.2 Å². The molecule has 2 aromatic heterocycles. The number of hydrogen-bond donors (Lipinski definition) is 0. The Labute approximate surface area is 130 Å². The van der Waals surface area contributed by atoms with Gasteiger partial charge in [-0.1, -0.05) is 0 Å². The first-order valence-corrected chi connectivity index (χ1v) is 8.20. The fraction of sp³-hybridized carbons (Fsp3) is 0.688. The molecule has 1 saturated heterocycles. The van der Waals surface area contributed by atoms with Crippen LogP contribution in [0.15, 0.2) is 4.42 Å². The first-order chi connectivity index (χ1) is 10.6. The number of likely N-dealkylation sites (tertiary alicyclic amines) is 1. The molecule has 2 aromatic rings. The van der Waals surface area contributed by atoms with Crippen LogP contribution in [0.2, 0.25) is 0 Å². The van der Waals surface area contributed by atoms with Crippen LogP contribution in [-0.4, -0.2) is 31.4 Å². The summed E-state index contributed by atoms with van der Waals surface area (Å²) in [5.74, 6) is 2.12. The van der Waals surface area contributed by atoms with Gasteiger partial charge in [-0.05, 0) is 46.1 Å². The van der Waals surface area contributed by atoms with Crippen LogP contribution in [0.25, 0.3) is 0 Å². The largest absolute Gasteiger partial charge is 0.424 e. The van der Waals surface area contributed by atoms with Gasteiger partial charge in [0.1, 0.15) is 0 Å². The topological polar surface area (TPSA) is 60.0 Å². The second kappa shape index (κ2) is 5.19. The van der Waals surface area contributed by atoms with Crippen LogP contribution < -0.4 is 0 Å². The molecule has 0 unspecified atom stereocenters. The summed E-state index contributed by atoms with van der Waals surface area (Å²) in [5, 5.41) is 13.0. The van der Waals surface area contributed by atoms with Gasteiger partial charge in [-0.2, -0.15) is 5.10 Å². The van der Waals surface area contributed by atoms with Gasteiger partial charge in [0.15, 0.2) is 0 Å². The normalized spacial score (nSPS) is 22.6. The van der Waals surface area contributed by atoms with Gasteiger partial charge in [0.2, 0.25) is 11.8 Å². The third kappa shape index (κ3) is 2.35. The van der Waals surface area contributed by atoms with E-state index in [4.69, 9.17) is 4.42 Å². The van der Waals surface area contributed by atoms with Crippen molar-refractivity contribution in [2.75, 3.05) is 6.54 Å². The van der Waals surface area contributed by atoms with Crippen molar-refractivity contribution < 1.29 is 4.42 Å². The maximum Gasteiger partial charge on any atom is 0.230 e. The Morgan fingerprint density at radius 3 is 2.68 bits per heavy atom. The van der Waals surface area contributed by atoms with Gasteiger partial charge in [0.25, 0.3) is 0 Å². The summed E-state index contributed by atoms with van der Waals surface area (Å²) in [4.78, 5) is 2.46. The second-order valence-electron chi connectivity index (χ2n) is 6.64. The predicted octanol–water partition coefficient (Wildman–Crippen LogP) is 2.63. The number of aromatic nitrogens is 4. The Balaban J connectivity index is 1.55. The third-order valence-corrected chi connectivity index (χ3v) is 5.01. The summed E-state index contributed by atoms with van der Waals surface area (Å²) >= 11 is 0. The molecule has 0 spiro atoms. The van der Waals surface area contributed by atoms with Crippen LogP contribution in [-0.2, 0) is 13.6 Å². The monoisotopic (exact) mass is 301 g/mol. The maximum absolute atomic E-state index is 5.83. The smallest absolute Gasteiger partial charge is 0.230 e. The number of hydrogen-bond acceptors (Lipinski definition) is 5. The highest BCUT2D eigenvalue weighted by Crippen LogP contribution is 2.40. The molecule has 0 N–H and O–H groups in total. The Bertz CT molecular complexity index is 685. The Morgan fingerprint density at radius 2 is 2.00 bits per heavy atom. The molecule has 1 atom stereocenters. The average Bonchev–Trinajstić information content (AvgIpc) is 2.98. The third-order valence-electron chi connectivity index (χ3n) is 5.01. The zero-order chi connectivity index (χ0) is 15.3. The van der Waals surface area contributed by atoms with Gasteiger partial charge in [0, 0.05) is 30.3 Å². The summed E-state index contributed by atoms with van der Waals surface area (Å²) in [6, 6.07) is 0.421. The van der Waals surface area contributed by atoms with Crippen molar-refractivity contribution in [3.05, 3.63) is 28.7 Å². The van der Waals surface area contributed by atoms with Crippen LogP contribution in [0.3, 0.4) is 0 Å². The molecule has 22 heavy (non-hydrogen) atoms. The van der Waals surface area contributed by atoms with E-state index >= 15 is 0 Å². The number of nitrogens with zero attached hydrogens (tertiary/aromatic N) is 5. The van der Waals surface area contributed by atoms with Crippen molar-refractivity contribution in [1.29, 1.82) is 0 Å². The van der Waals surface area contributed by atoms with Gasteiger partial charge in [0.05, 0.1) is 12.2 Å². The van der Waals surface area contributed by atoms with Crippen molar-refractivity contribution in [2.24, 2.45) is 7.05 Å². The van der Waals surface area contributed by atoms with Crippen LogP contribution in [0, 0.1) is 13.8 Å². The lowest BCUT2D eigenvalue weighted by atomic mass is 10.0. The molecule has 1 aliphatic carbocycles. The highest BCUT2D eigenvalue weighted by molar-refractivity contribution is 5.29. The SMILES string of the molecule is Cc1nn(C)c(C)c1[C@H]1CCCN1Cc1nnc(C2CC2)o1. The molecular formula is C16H23N5O. The van der Waals surface area contributed by atoms with E-state index in [1.165, 1.54) is 36.9 Å². The summed E-state index contributed by atoms with van der Waals surface area (Å²) in [5.41, 5.74) is 3.78. The molecule has 0 radical (unpaired) electrons. The fourth-order valence-corrected chi connectivity index (χ4v) is 3.61. The molecule has 4 rings (SSSR count). The van der Waals surface area contributed by atoms with E-state index in [1.807, 2.05) is 11.7 Å². The quantitative estimate of drug-likeness (QED) is 0.869. The van der Waals surface area contributed by atoms with Crippen molar-refractivity contribution in [3.63, 3.8) is 0 Å². The Morgan fingerprint density at radius 1 is 1.18 bits per heavy atom. The second-order valence-corrected chi connectivity index (χ2v) is 6.64. The number of rotatable bonds is 4. The molecular weight excluding hydrogens is 278 g/mol. The summed E-state index contributed by atoms with van der Waals surface area (Å²) in [7, 11) is 2.02. The molecule has 1 aliphatic heterocycles. The molecule has 6 nitrogen and oxygen atoms in total. The first-order valence-electron chi connectivity index (χ1n) is 8.20. The molecule has 0 aromatic carbocycles. The first kappa shape index (κ1) is 13.9. The maximum atomic E-state index is 5.83. The average molecular weight is 301 g/mol. The summed E-state index contributed by atoms with van der Waals surface area (Å²) < 4.78 is 7.82. The minimum atomic E-state index is 0.421. The van der Waals surface area contributed by atoms with E-state index in [2.05, 4.69) is 34.0 Å². The van der Waals surface area contributed by atoms with Crippen LogP contribution >= 0.6 is 0 Å². The lowest BCUT2D eigenvalue weighted by molar-refractivity contribution is 0.220. The Kier molecular flexibility index (Phi) is 3.29. The molecule has 6 heteroatoms. The molecule has 2 aliphatic rings. The highest BCUT2D eigenvalue weighted by atomic mass is 16.4. The lowest BCUT2D eigenvalue weighted by Gasteiger charge is -2.23. The minimum Gasteiger partial charge on any atom is -0.424 e. The Hall–Kier alpha value is -1.69. The fourth-order valence-electron chi connectivity index (χ4n) is 3.61. The molecule has 0 bridgehead atoms. The van der Waals surface area contributed by atoms with Gasteiger partial charge in [-0.3, -0.25) is 9.58 Å². The van der Waals surface area contributed by atoms with Crippen LogP contribution in [0.5, 0.6) is 0 Å². The molecule has 3 heterocycles. The molecule has 1 saturated carbocycles. The predicted molar refractivity (Wildman–Crippen MR) is 81.3 cm³/mol. The van der Waals surface area contributed by atoms with Gasteiger partial charge in [-0.25, -0.2) is 0 Å². The van der Waals surface area contributed by atoms with Crippen molar-refractivity contribution >= 4 is 0 Å². The molecule has 0 amide bonds. The van der Waals surface area contributed by atoms with E-state index in [0.717, 1.165) is 30.6 Å². The van der Waals surface area contributed by atoms with Crippen molar-refractivity contribution in [1.82, 2.24) is 24.9 Å². The van der Waals surface area contributed by atoms with E-state index in [9.17, 15) is 0 Å². The lowest BCUT2D eigenvalue weighted by Crippen LogP contribution is -2.23. The van der Waals surface area contributed by atoms with E-state index < -0.39 is 0 Å². The van der Waals surface area contributed by atoms with Crippen molar-refractivity contribution in [3.8, 4) is 0 Å². The standard InChI is InChI=1S/C16H23N5O/c1-10-15(11(2)20(3)19-10)13-5-4-8-21(13)9-14-17-18-16(22-14)12-6-7-12/h12-13H,4-9H2,1-3H3/t13-/m1/s1. The zero-order valence-electron chi connectivity index (χ0n) is 13.5. The summed E-state index contributed by atoms with van der Waals surface area (Å²) in [6.45, 7) is 6.10. The van der Waals surface area contributed by atoms with E-state index in [0.29, 0.717) is 12.0 Å². The highest BCUT2D eigenvalue weighted by Gasteiger charge is 2.33. The van der Waals surface area contributed by atoms with Crippen LogP contribution in [0.1, 0.15) is 66.4 Å². The summed E-state index contributed by atoms with van der Waals surface area (Å²) in [6.07, 6.45) is 4.78. The minimum absolute atomic E-state index is 0.421. The van der Waals surface area contributed by atoms with Gasteiger partial charge < -0.3 is 4.42 Å². The zero-order valence-corrected chi connectivity index (χ0v) is 13.5.